The van der Waals surface area contributed by atoms with Crippen LogP contribution in [0.3, 0.4) is 0 Å². The summed E-state index contributed by atoms with van der Waals surface area (Å²) in [5.41, 5.74) is 0.893. The van der Waals surface area contributed by atoms with E-state index in [-0.39, 0.29) is 11.8 Å². The van der Waals surface area contributed by atoms with Crippen LogP contribution in [-0.4, -0.2) is 22.1 Å². The van der Waals surface area contributed by atoms with E-state index < -0.39 is 0 Å². The van der Waals surface area contributed by atoms with Gasteiger partial charge < -0.3 is 5.32 Å². The predicted octanol–water partition coefficient (Wildman–Crippen LogP) is 2.69. The molecule has 1 saturated heterocycles. The number of carbonyl (C=O) groups excluding carboxylic acids is 1. The van der Waals surface area contributed by atoms with E-state index in [9.17, 15) is 4.79 Å². The van der Waals surface area contributed by atoms with Crippen LogP contribution in [0, 0.1) is 5.92 Å². The van der Waals surface area contributed by atoms with E-state index in [0.717, 1.165) is 31.6 Å². The first-order valence-electron chi connectivity index (χ1n) is 5.52. The molecular formula is C12H15IN2O. The van der Waals surface area contributed by atoms with E-state index in [1.807, 2.05) is 30.3 Å². The van der Waals surface area contributed by atoms with E-state index in [4.69, 9.17) is 0 Å². The maximum Gasteiger partial charge on any atom is 0.227 e. The fraction of sp³-hybridized carbons (Fsp3) is 0.417. The number of piperidine rings is 1. The molecule has 1 N–H and O–H groups in total. The molecule has 1 heterocycles. The van der Waals surface area contributed by atoms with Gasteiger partial charge in [-0.15, -0.1) is 0 Å². The third kappa shape index (κ3) is 3.18. The maximum absolute atomic E-state index is 11.9. The van der Waals surface area contributed by atoms with Crippen molar-refractivity contribution in [2.75, 3.05) is 18.4 Å². The number of hydrogen-bond donors (Lipinski definition) is 1. The van der Waals surface area contributed by atoms with Crippen LogP contribution in [0.2, 0.25) is 0 Å². The van der Waals surface area contributed by atoms with Crippen molar-refractivity contribution in [2.45, 2.75) is 12.8 Å². The number of rotatable bonds is 2. The van der Waals surface area contributed by atoms with Crippen molar-refractivity contribution in [3.8, 4) is 0 Å². The molecular weight excluding hydrogens is 315 g/mol. The van der Waals surface area contributed by atoms with E-state index in [1.54, 1.807) is 0 Å². The van der Waals surface area contributed by atoms with Crippen LogP contribution in [0.25, 0.3) is 0 Å². The van der Waals surface area contributed by atoms with Gasteiger partial charge in [0.1, 0.15) is 0 Å². The highest BCUT2D eigenvalue weighted by molar-refractivity contribution is 14.1. The van der Waals surface area contributed by atoms with Crippen molar-refractivity contribution in [3.63, 3.8) is 0 Å². The summed E-state index contributed by atoms with van der Waals surface area (Å²) in [5.74, 6) is 0.335. The van der Waals surface area contributed by atoms with Gasteiger partial charge in [0.15, 0.2) is 0 Å². The van der Waals surface area contributed by atoms with Crippen molar-refractivity contribution in [1.29, 1.82) is 0 Å². The molecule has 86 valence electrons. The SMILES string of the molecule is O=C(Nc1ccccc1)C1CCN(I)CC1. The first-order chi connectivity index (χ1) is 7.75. The van der Waals surface area contributed by atoms with Crippen LogP contribution in [0.1, 0.15) is 12.8 Å². The first kappa shape index (κ1) is 11.9. The molecule has 0 saturated carbocycles. The predicted molar refractivity (Wildman–Crippen MR) is 73.4 cm³/mol. The molecule has 1 aliphatic rings. The van der Waals surface area contributed by atoms with Crippen LogP contribution < -0.4 is 5.32 Å². The highest BCUT2D eigenvalue weighted by atomic mass is 127. The van der Waals surface area contributed by atoms with Gasteiger partial charge in [0.05, 0.1) is 0 Å². The minimum atomic E-state index is 0.163. The Morgan fingerprint density at radius 2 is 1.88 bits per heavy atom. The molecule has 1 amide bonds. The Morgan fingerprint density at radius 3 is 2.50 bits per heavy atom. The molecule has 1 aromatic carbocycles. The molecule has 0 unspecified atom stereocenters. The quantitative estimate of drug-likeness (QED) is 0.668. The lowest BCUT2D eigenvalue weighted by atomic mass is 9.97. The number of carbonyl (C=O) groups is 1. The fourth-order valence-corrected chi connectivity index (χ4v) is 2.43. The Morgan fingerprint density at radius 1 is 1.25 bits per heavy atom. The zero-order chi connectivity index (χ0) is 11.4. The minimum Gasteiger partial charge on any atom is -0.326 e. The van der Waals surface area contributed by atoms with Gasteiger partial charge in [-0.25, -0.2) is 3.11 Å². The third-order valence-corrected chi connectivity index (χ3v) is 3.82. The molecule has 0 bridgehead atoms. The highest BCUT2D eigenvalue weighted by Gasteiger charge is 2.23. The van der Waals surface area contributed by atoms with Crippen molar-refractivity contribution in [3.05, 3.63) is 30.3 Å². The van der Waals surface area contributed by atoms with Crippen LogP contribution in [0.4, 0.5) is 5.69 Å². The zero-order valence-corrected chi connectivity index (χ0v) is 11.2. The Balaban J connectivity index is 1.89. The summed E-state index contributed by atoms with van der Waals surface area (Å²) in [6, 6.07) is 9.66. The van der Waals surface area contributed by atoms with E-state index >= 15 is 0 Å². The number of amides is 1. The number of nitrogens with one attached hydrogen (secondary N) is 1. The van der Waals surface area contributed by atoms with E-state index in [0.29, 0.717) is 0 Å². The molecule has 1 aliphatic heterocycles. The third-order valence-electron chi connectivity index (χ3n) is 2.85. The lowest BCUT2D eigenvalue weighted by Crippen LogP contribution is -2.33. The Hall–Kier alpha value is -0.620. The largest absolute Gasteiger partial charge is 0.326 e. The molecule has 0 aliphatic carbocycles. The normalized spacial score (nSPS) is 18.3. The van der Waals surface area contributed by atoms with Crippen LogP contribution in [0.5, 0.6) is 0 Å². The smallest absolute Gasteiger partial charge is 0.227 e. The lowest BCUT2D eigenvalue weighted by molar-refractivity contribution is -0.120. The average molecular weight is 330 g/mol. The van der Waals surface area contributed by atoms with Crippen molar-refractivity contribution < 1.29 is 4.79 Å². The number of para-hydroxylation sites is 1. The van der Waals surface area contributed by atoms with Gasteiger partial charge >= 0.3 is 0 Å². The van der Waals surface area contributed by atoms with Gasteiger partial charge in [0.2, 0.25) is 5.91 Å². The van der Waals surface area contributed by atoms with Crippen molar-refractivity contribution in [1.82, 2.24) is 3.11 Å². The summed E-state index contributed by atoms with van der Waals surface area (Å²) < 4.78 is 2.24. The molecule has 0 radical (unpaired) electrons. The number of nitrogens with zero attached hydrogens (tertiary/aromatic N) is 1. The standard InChI is InChI=1S/C12H15IN2O/c13-15-8-6-10(7-9-15)12(16)14-11-4-2-1-3-5-11/h1-5,10H,6-9H2,(H,14,16). The molecule has 4 heteroatoms. The van der Waals surface area contributed by atoms with E-state index in [1.165, 1.54) is 0 Å². The topological polar surface area (TPSA) is 32.3 Å². The van der Waals surface area contributed by atoms with Crippen LogP contribution in [-0.2, 0) is 4.79 Å². The van der Waals surface area contributed by atoms with Gasteiger partial charge in [0.25, 0.3) is 0 Å². The Kier molecular flexibility index (Phi) is 4.17. The summed E-state index contributed by atoms with van der Waals surface area (Å²) in [7, 11) is 0. The summed E-state index contributed by atoms with van der Waals surface area (Å²) in [4.78, 5) is 11.9. The molecule has 2 rings (SSSR count). The van der Waals surface area contributed by atoms with Gasteiger partial charge in [-0.3, -0.25) is 4.79 Å². The summed E-state index contributed by atoms with van der Waals surface area (Å²) in [6.07, 6.45) is 1.92. The molecule has 0 aromatic heterocycles. The van der Waals surface area contributed by atoms with Gasteiger partial charge in [-0.05, 0) is 25.0 Å². The van der Waals surface area contributed by atoms with Crippen LogP contribution >= 0.6 is 22.9 Å². The molecule has 3 nitrogen and oxygen atoms in total. The number of hydrogen-bond acceptors (Lipinski definition) is 2. The van der Waals surface area contributed by atoms with E-state index in [2.05, 4.69) is 31.3 Å². The fourth-order valence-electron chi connectivity index (χ4n) is 1.88. The zero-order valence-electron chi connectivity index (χ0n) is 9.03. The maximum atomic E-state index is 11.9. The monoisotopic (exact) mass is 330 g/mol. The summed E-state index contributed by atoms with van der Waals surface area (Å²) >= 11 is 2.32. The van der Waals surface area contributed by atoms with Gasteiger partial charge in [-0.2, -0.15) is 0 Å². The van der Waals surface area contributed by atoms with Gasteiger partial charge in [-0.1, -0.05) is 18.2 Å². The molecule has 1 fully saturated rings. The Labute approximate surface area is 110 Å². The Bertz CT molecular complexity index is 347. The molecule has 1 aromatic rings. The summed E-state index contributed by atoms with van der Waals surface area (Å²) in [5, 5.41) is 2.97. The average Bonchev–Trinajstić information content (AvgIpc) is 2.31. The molecule has 0 atom stereocenters. The number of anilines is 1. The molecule has 0 spiro atoms. The second-order valence-corrected chi connectivity index (χ2v) is 5.40. The summed E-state index contributed by atoms with van der Waals surface area (Å²) in [6.45, 7) is 2.01. The minimum absolute atomic E-state index is 0.163. The lowest BCUT2D eigenvalue weighted by Gasteiger charge is -2.26. The van der Waals surface area contributed by atoms with Crippen LogP contribution in [0.15, 0.2) is 30.3 Å². The number of halogens is 1. The second-order valence-electron chi connectivity index (χ2n) is 4.04. The molecule has 16 heavy (non-hydrogen) atoms. The van der Waals surface area contributed by atoms with Crippen molar-refractivity contribution >= 4 is 34.5 Å². The van der Waals surface area contributed by atoms with Crippen molar-refractivity contribution in [2.24, 2.45) is 5.92 Å². The number of benzene rings is 1. The van der Waals surface area contributed by atoms with Gasteiger partial charge in [0, 0.05) is 47.6 Å². The second kappa shape index (κ2) is 5.63. The first-order valence-corrected chi connectivity index (χ1v) is 6.49. The highest BCUT2D eigenvalue weighted by Crippen LogP contribution is 2.21.